The monoisotopic (exact) mass is 196 g/mol. The Morgan fingerprint density at radius 2 is 1.71 bits per heavy atom. The van der Waals surface area contributed by atoms with Crippen LogP contribution >= 0.6 is 0 Å². The zero-order valence-corrected chi connectivity index (χ0v) is 9.67. The molecule has 1 saturated heterocycles. The first kappa shape index (κ1) is 11.8. The Morgan fingerprint density at radius 3 is 2.36 bits per heavy atom. The standard InChI is InChI=1S/C13H24O/c1-3-4-5-6-7-8-9-10-11-13-12(2)14-13/h10-13H,3-9H2,1-2H3/b11-10+/t12-,13-/m1/s1. The third-order valence-corrected chi connectivity index (χ3v) is 2.81. The van der Waals surface area contributed by atoms with Gasteiger partial charge in [0.1, 0.15) is 6.10 Å². The zero-order valence-electron chi connectivity index (χ0n) is 9.67. The van der Waals surface area contributed by atoms with Crippen molar-refractivity contribution in [1.82, 2.24) is 0 Å². The van der Waals surface area contributed by atoms with Gasteiger partial charge < -0.3 is 4.74 Å². The van der Waals surface area contributed by atoms with Crippen LogP contribution in [0, 0.1) is 0 Å². The van der Waals surface area contributed by atoms with Crippen molar-refractivity contribution in [2.75, 3.05) is 0 Å². The molecule has 1 aliphatic heterocycles. The van der Waals surface area contributed by atoms with Gasteiger partial charge in [0.15, 0.2) is 0 Å². The predicted octanol–water partition coefficient (Wildman–Crippen LogP) is 4.08. The number of allylic oxidation sites excluding steroid dienone is 1. The molecule has 1 heteroatoms. The van der Waals surface area contributed by atoms with E-state index in [0.717, 1.165) is 0 Å². The Labute approximate surface area is 88.5 Å². The Balaban J connectivity index is 1.78. The van der Waals surface area contributed by atoms with Crippen LogP contribution in [0.1, 0.15) is 58.8 Å². The van der Waals surface area contributed by atoms with Gasteiger partial charge in [-0.05, 0) is 19.8 Å². The molecule has 0 aromatic heterocycles. The van der Waals surface area contributed by atoms with Crippen molar-refractivity contribution in [1.29, 1.82) is 0 Å². The highest BCUT2D eigenvalue weighted by molar-refractivity contribution is 5.00. The summed E-state index contributed by atoms with van der Waals surface area (Å²) in [5.74, 6) is 0. The molecule has 82 valence electrons. The molecule has 0 aromatic carbocycles. The van der Waals surface area contributed by atoms with Crippen LogP contribution in [0.15, 0.2) is 12.2 Å². The highest BCUT2D eigenvalue weighted by Gasteiger charge is 2.30. The average molecular weight is 196 g/mol. The Hall–Kier alpha value is -0.300. The van der Waals surface area contributed by atoms with Crippen molar-refractivity contribution in [3.8, 4) is 0 Å². The summed E-state index contributed by atoms with van der Waals surface area (Å²) in [6.45, 7) is 4.39. The summed E-state index contributed by atoms with van der Waals surface area (Å²) in [5.41, 5.74) is 0. The minimum Gasteiger partial charge on any atom is -0.365 e. The lowest BCUT2D eigenvalue weighted by atomic mass is 10.1. The van der Waals surface area contributed by atoms with Crippen LogP contribution in [-0.2, 0) is 4.74 Å². The van der Waals surface area contributed by atoms with Crippen molar-refractivity contribution in [3.05, 3.63) is 12.2 Å². The first-order valence-corrected chi connectivity index (χ1v) is 6.16. The number of hydrogen-bond donors (Lipinski definition) is 0. The Bertz CT molecular complexity index is 163. The van der Waals surface area contributed by atoms with Gasteiger partial charge in [-0.15, -0.1) is 0 Å². The molecule has 0 amide bonds. The normalized spacial score (nSPS) is 25.9. The van der Waals surface area contributed by atoms with E-state index in [1.165, 1.54) is 44.9 Å². The second kappa shape index (κ2) is 7.05. The van der Waals surface area contributed by atoms with E-state index in [1.54, 1.807) is 0 Å². The Morgan fingerprint density at radius 1 is 1.07 bits per heavy atom. The van der Waals surface area contributed by atoms with Gasteiger partial charge in [-0.2, -0.15) is 0 Å². The molecule has 1 aliphatic rings. The molecule has 0 aromatic rings. The van der Waals surface area contributed by atoms with Crippen molar-refractivity contribution in [2.45, 2.75) is 71.0 Å². The van der Waals surface area contributed by atoms with Gasteiger partial charge >= 0.3 is 0 Å². The van der Waals surface area contributed by atoms with E-state index in [1.807, 2.05) is 0 Å². The van der Waals surface area contributed by atoms with E-state index in [0.29, 0.717) is 12.2 Å². The zero-order chi connectivity index (χ0) is 10.2. The lowest BCUT2D eigenvalue weighted by Crippen LogP contribution is -1.82. The maximum Gasteiger partial charge on any atom is 0.102 e. The van der Waals surface area contributed by atoms with E-state index < -0.39 is 0 Å². The quantitative estimate of drug-likeness (QED) is 0.324. The summed E-state index contributed by atoms with van der Waals surface area (Å²) in [6.07, 6.45) is 15.0. The van der Waals surface area contributed by atoms with Crippen LogP contribution in [0.4, 0.5) is 0 Å². The molecule has 0 N–H and O–H groups in total. The molecular formula is C13H24O. The summed E-state index contributed by atoms with van der Waals surface area (Å²) in [5, 5.41) is 0. The van der Waals surface area contributed by atoms with Crippen LogP contribution in [0.25, 0.3) is 0 Å². The molecule has 0 radical (unpaired) electrons. The fourth-order valence-corrected chi connectivity index (χ4v) is 1.68. The summed E-state index contributed by atoms with van der Waals surface area (Å²) in [4.78, 5) is 0. The summed E-state index contributed by atoms with van der Waals surface area (Å²) < 4.78 is 5.29. The van der Waals surface area contributed by atoms with Crippen molar-refractivity contribution in [2.24, 2.45) is 0 Å². The number of hydrogen-bond acceptors (Lipinski definition) is 1. The highest BCUT2D eigenvalue weighted by Crippen LogP contribution is 2.22. The first-order valence-electron chi connectivity index (χ1n) is 6.16. The largest absolute Gasteiger partial charge is 0.365 e. The van der Waals surface area contributed by atoms with Gasteiger partial charge in [0.2, 0.25) is 0 Å². The molecule has 0 bridgehead atoms. The van der Waals surface area contributed by atoms with Crippen molar-refractivity contribution in [3.63, 3.8) is 0 Å². The Kier molecular flexibility index (Phi) is 5.93. The summed E-state index contributed by atoms with van der Waals surface area (Å²) >= 11 is 0. The SMILES string of the molecule is CCCCCCCC/C=C/[C@H]1O[C@@H]1C. The number of unbranched alkanes of at least 4 members (excludes halogenated alkanes) is 6. The topological polar surface area (TPSA) is 12.5 Å². The molecule has 1 nitrogen and oxygen atoms in total. The predicted molar refractivity (Wildman–Crippen MR) is 61.5 cm³/mol. The molecule has 1 fully saturated rings. The van der Waals surface area contributed by atoms with E-state index in [2.05, 4.69) is 26.0 Å². The molecule has 14 heavy (non-hydrogen) atoms. The molecule has 2 atom stereocenters. The highest BCUT2D eigenvalue weighted by atomic mass is 16.6. The van der Waals surface area contributed by atoms with E-state index >= 15 is 0 Å². The molecular weight excluding hydrogens is 172 g/mol. The second-order valence-corrected chi connectivity index (χ2v) is 4.29. The lowest BCUT2D eigenvalue weighted by molar-refractivity contribution is 0.400. The number of epoxide rings is 1. The van der Waals surface area contributed by atoms with Crippen molar-refractivity contribution >= 4 is 0 Å². The minimum atomic E-state index is 0.440. The van der Waals surface area contributed by atoms with E-state index in [9.17, 15) is 0 Å². The van der Waals surface area contributed by atoms with Gasteiger partial charge in [0.25, 0.3) is 0 Å². The third kappa shape index (κ3) is 5.43. The first-order chi connectivity index (χ1) is 6.84. The fraction of sp³-hybridized carbons (Fsp3) is 0.846. The smallest absolute Gasteiger partial charge is 0.102 e. The lowest BCUT2D eigenvalue weighted by Gasteiger charge is -1.97. The van der Waals surface area contributed by atoms with E-state index in [4.69, 9.17) is 4.74 Å². The van der Waals surface area contributed by atoms with Crippen LogP contribution < -0.4 is 0 Å². The maximum absolute atomic E-state index is 5.29. The fourth-order valence-electron chi connectivity index (χ4n) is 1.68. The molecule has 0 unspecified atom stereocenters. The molecule has 1 rings (SSSR count). The number of rotatable bonds is 8. The van der Waals surface area contributed by atoms with Crippen LogP contribution in [-0.4, -0.2) is 12.2 Å². The minimum absolute atomic E-state index is 0.440. The van der Waals surface area contributed by atoms with Crippen molar-refractivity contribution < 1.29 is 4.74 Å². The maximum atomic E-state index is 5.29. The second-order valence-electron chi connectivity index (χ2n) is 4.29. The molecule has 0 aliphatic carbocycles. The van der Waals surface area contributed by atoms with Gasteiger partial charge in [0.05, 0.1) is 6.10 Å². The third-order valence-electron chi connectivity index (χ3n) is 2.81. The number of ether oxygens (including phenoxy) is 1. The van der Waals surface area contributed by atoms with Crippen LogP contribution in [0.3, 0.4) is 0 Å². The van der Waals surface area contributed by atoms with Crippen LogP contribution in [0.2, 0.25) is 0 Å². The van der Waals surface area contributed by atoms with Gasteiger partial charge in [-0.1, -0.05) is 51.2 Å². The molecule has 0 saturated carbocycles. The van der Waals surface area contributed by atoms with Crippen LogP contribution in [0.5, 0.6) is 0 Å². The summed E-state index contributed by atoms with van der Waals surface area (Å²) in [7, 11) is 0. The summed E-state index contributed by atoms with van der Waals surface area (Å²) in [6, 6.07) is 0. The van der Waals surface area contributed by atoms with Gasteiger partial charge in [-0.3, -0.25) is 0 Å². The average Bonchev–Trinajstić information content (AvgIpc) is 2.87. The van der Waals surface area contributed by atoms with E-state index in [-0.39, 0.29) is 0 Å². The molecule has 0 spiro atoms. The van der Waals surface area contributed by atoms with Gasteiger partial charge in [0, 0.05) is 0 Å². The molecule has 1 heterocycles. The van der Waals surface area contributed by atoms with Gasteiger partial charge in [-0.25, -0.2) is 0 Å².